The standard InChI is InChI=1S/C14H15ClO3/c1-2-3-10-8-17-14(18-9-10)12-6-4-11(5-7-12)13(15)16/h2,4-7,10,14H,1,3,8-9H2. The van der Waals surface area contributed by atoms with E-state index in [9.17, 15) is 4.79 Å². The highest BCUT2D eigenvalue weighted by atomic mass is 35.5. The molecule has 2 rings (SSSR count). The first-order chi connectivity index (χ1) is 8.70. The molecule has 1 aromatic carbocycles. The van der Waals surface area contributed by atoms with Crippen molar-refractivity contribution in [3.63, 3.8) is 0 Å². The average Bonchev–Trinajstić information content (AvgIpc) is 2.40. The number of ether oxygens (including phenoxy) is 2. The molecule has 0 spiro atoms. The van der Waals surface area contributed by atoms with Crippen LogP contribution in [0.15, 0.2) is 36.9 Å². The molecule has 1 heterocycles. The van der Waals surface area contributed by atoms with Crippen LogP contribution in [0.4, 0.5) is 0 Å². The van der Waals surface area contributed by atoms with Crippen LogP contribution in [-0.2, 0) is 9.47 Å². The first kappa shape index (κ1) is 13.3. The Morgan fingerprint density at radius 2 is 1.94 bits per heavy atom. The zero-order valence-corrected chi connectivity index (χ0v) is 10.7. The fourth-order valence-electron chi connectivity index (χ4n) is 1.88. The van der Waals surface area contributed by atoms with E-state index in [0.29, 0.717) is 24.7 Å². The second-order valence-electron chi connectivity index (χ2n) is 4.28. The Kier molecular flexibility index (Phi) is 4.53. The maximum atomic E-state index is 10.9. The molecular formula is C14H15ClO3. The van der Waals surface area contributed by atoms with Gasteiger partial charge in [-0.15, -0.1) is 6.58 Å². The van der Waals surface area contributed by atoms with Crippen LogP contribution in [0, 0.1) is 5.92 Å². The number of benzene rings is 1. The van der Waals surface area contributed by atoms with Gasteiger partial charge < -0.3 is 9.47 Å². The molecule has 1 aliphatic heterocycles. The van der Waals surface area contributed by atoms with Crippen LogP contribution in [0.5, 0.6) is 0 Å². The first-order valence-corrected chi connectivity index (χ1v) is 6.22. The van der Waals surface area contributed by atoms with E-state index in [2.05, 4.69) is 6.58 Å². The van der Waals surface area contributed by atoms with Gasteiger partial charge in [-0.25, -0.2) is 0 Å². The smallest absolute Gasteiger partial charge is 0.252 e. The molecule has 0 N–H and O–H groups in total. The number of carbonyl (C=O) groups is 1. The van der Waals surface area contributed by atoms with Gasteiger partial charge in [0.25, 0.3) is 5.24 Å². The second-order valence-corrected chi connectivity index (χ2v) is 4.63. The molecule has 1 saturated heterocycles. The van der Waals surface area contributed by atoms with E-state index >= 15 is 0 Å². The second kappa shape index (κ2) is 6.14. The van der Waals surface area contributed by atoms with Crippen LogP contribution in [-0.4, -0.2) is 18.5 Å². The van der Waals surface area contributed by atoms with Crippen molar-refractivity contribution in [2.45, 2.75) is 12.7 Å². The van der Waals surface area contributed by atoms with Crippen LogP contribution in [0.2, 0.25) is 0 Å². The number of hydrogen-bond donors (Lipinski definition) is 0. The first-order valence-electron chi connectivity index (χ1n) is 5.84. The van der Waals surface area contributed by atoms with E-state index in [1.165, 1.54) is 0 Å². The van der Waals surface area contributed by atoms with E-state index in [-0.39, 0.29) is 6.29 Å². The Balaban J connectivity index is 1.97. The summed E-state index contributed by atoms with van der Waals surface area (Å²) < 4.78 is 11.3. The number of halogens is 1. The topological polar surface area (TPSA) is 35.5 Å². The summed E-state index contributed by atoms with van der Waals surface area (Å²) in [4.78, 5) is 10.9. The van der Waals surface area contributed by atoms with Gasteiger partial charge in [-0.1, -0.05) is 18.2 Å². The molecule has 0 unspecified atom stereocenters. The third-order valence-electron chi connectivity index (χ3n) is 2.88. The minimum Gasteiger partial charge on any atom is -0.348 e. The van der Waals surface area contributed by atoms with Crippen molar-refractivity contribution in [1.82, 2.24) is 0 Å². The quantitative estimate of drug-likeness (QED) is 0.620. The van der Waals surface area contributed by atoms with Gasteiger partial charge in [0.1, 0.15) is 0 Å². The van der Waals surface area contributed by atoms with Gasteiger partial charge in [-0.2, -0.15) is 0 Å². The normalized spacial score (nSPS) is 23.6. The third-order valence-corrected chi connectivity index (χ3v) is 3.09. The Labute approximate surface area is 111 Å². The fraction of sp³-hybridized carbons (Fsp3) is 0.357. The maximum Gasteiger partial charge on any atom is 0.252 e. The molecule has 18 heavy (non-hydrogen) atoms. The Morgan fingerprint density at radius 3 is 2.44 bits per heavy atom. The number of rotatable bonds is 4. The van der Waals surface area contributed by atoms with Gasteiger partial charge in [0.15, 0.2) is 6.29 Å². The van der Waals surface area contributed by atoms with Crippen molar-refractivity contribution in [2.24, 2.45) is 5.92 Å². The zero-order valence-electron chi connectivity index (χ0n) is 9.97. The molecular weight excluding hydrogens is 252 g/mol. The monoisotopic (exact) mass is 266 g/mol. The van der Waals surface area contributed by atoms with Crippen molar-refractivity contribution in [3.05, 3.63) is 48.0 Å². The molecule has 0 aromatic heterocycles. The minimum absolute atomic E-state index is 0.356. The summed E-state index contributed by atoms with van der Waals surface area (Å²) in [5.41, 5.74) is 1.37. The van der Waals surface area contributed by atoms with Gasteiger partial charge in [-0.3, -0.25) is 4.79 Å². The molecule has 96 valence electrons. The number of allylic oxidation sites excluding steroid dienone is 1. The minimum atomic E-state index is -0.460. The lowest BCUT2D eigenvalue weighted by Crippen LogP contribution is -2.26. The molecule has 0 atom stereocenters. The summed E-state index contributed by atoms with van der Waals surface area (Å²) in [5.74, 6) is 0.377. The van der Waals surface area contributed by atoms with Gasteiger partial charge >= 0.3 is 0 Å². The van der Waals surface area contributed by atoms with Gasteiger partial charge in [-0.05, 0) is 30.2 Å². The number of hydrogen-bond acceptors (Lipinski definition) is 3. The van der Waals surface area contributed by atoms with E-state index in [0.717, 1.165) is 12.0 Å². The van der Waals surface area contributed by atoms with E-state index in [4.69, 9.17) is 21.1 Å². The molecule has 0 amide bonds. The lowest BCUT2D eigenvalue weighted by atomic mass is 10.1. The summed E-state index contributed by atoms with van der Waals surface area (Å²) in [6, 6.07) is 6.95. The fourth-order valence-corrected chi connectivity index (χ4v) is 2.00. The van der Waals surface area contributed by atoms with Crippen LogP contribution in [0.1, 0.15) is 28.6 Å². The lowest BCUT2D eigenvalue weighted by Gasteiger charge is -2.29. The third kappa shape index (κ3) is 3.19. The summed E-state index contributed by atoms with van der Waals surface area (Å²) in [6.45, 7) is 5.02. The average molecular weight is 267 g/mol. The summed E-state index contributed by atoms with van der Waals surface area (Å²) in [5, 5.41) is -0.460. The van der Waals surface area contributed by atoms with E-state index in [1.807, 2.05) is 6.08 Å². The summed E-state index contributed by atoms with van der Waals surface area (Å²) >= 11 is 5.38. The Hall–Kier alpha value is -1.16. The number of carbonyl (C=O) groups excluding carboxylic acids is 1. The van der Waals surface area contributed by atoms with E-state index < -0.39 is 5.24 Å². The van der Waals surface area contributed by atoms with Crippen LogP contribution in [0.3, 0.4) is 0 Å². The molecule has 0 radical (unpaired) electrons. The van der Waals surface area contributed by atoms with Crippen molar-refractivity contribution in [1.29, 1.82) is 0 Å². The molecule has 1 aromatic rings. The van der Waals surface area contributed by atoms with Crippen LogP contribution < -0.4 is 0 Å². The Morgan fingerprint density at radius 1 is 1.33 bits per heavy atom. The molecule has 4 heteroatoms. The predicted molar refractivity (Wildman–Crippen MR) is 69.6 cm³/mol. The van der Waals surface area contributed by atoms with Crippen molar-refractivity contribution in [2.75, 3.05) is 13.2 Å². The molecule has 0 saturated carbocycles. The SMILES string of the molecule is C=CCC1COC(c2ccc(C(=O)Cl)cc2)OC1. The van der Waals surface area contributed by atoms with E-state index in [1.54, 1.807) is 24.3 Å². The lowest BCUT2D eigenvalue weighted by molar-refractivity contribution is -0.204. The molecule has 3 nitrogen and oxygen atoms in total. The van der Waals surface area contributed by atoms with Crippen molar-refractivity contribution in [3.8, 4) is 0 Å². The van der Waals surface area contributed by atoms with Crippen molar-refractivity contribution >= 4 is 16.8 Å². The summed E-state index contributed by atoms with van der Waals surface area (Å²) in [6.07, 6.45) is 2.41. The predicted octanol–water partition coefficient (Wildman–Crippen LogP) is 3.30. The highest BCUT2D eigenvalue weighted by molar-refractivity contribution is 6.67. The van der Waals surface area contributed by atoms with Gasteiger partial charge in [0.05, 0.1) is 13.2 Å². The van der Waals surface area contributed by atoms with Crippen LogP contribution >= 0.6 is 11.6 Å². The molecule has 0 aliphatic carbocycles. The van der Waals surface area contributed by atoms with Crippen LogP contribution in [0.25, 0.3) is 0 Å². The molecule has 1 fully saturated rings. The van der Waals surface area contributed by atoms with Gasteiger partial charge in [0, 0.05) is 17.0 Å². The Bertz CT molecular complexity index is 419. The summed E-state index contributed by atoms with van der Waals surface area (Å²) in [7, 11) is 0. The molecule has 1 aliphatic rings. The zero-order chi connectivity index (χ0) is 13.0. The highest BCUT2D eigenvalue weighted by Gasteiger charge is 2.22. The largest absolute Gasteiger partial charge is 0.348 e. The molecule has 0 bridgehead atoms. The maximum absolute atomic E-state index is 10.9. The highest BCUT2D eigenvalue weighted by Crippen LogP contribution is 2.26. The van der Waals surface area contributed by atoms with Gasteiger partial charge in [0.2, 0.25) is 0 Å². The van der Waals surface area contributed by atoms with Crippen molar-refractivity contribution < 1.29 is 14.3 Å².